The smallest absolute Gasteiger partial charge is 0.334 e. The minimum atomic E-state index is -1.11. The van der Waals surface area contributed by atoms with Gasteiger partial charge in [0.2, 0.25) is 6.41 Å². The van der Waals surface area contributed by atoms with Crippen LogP contribution in [0.2, 0.25) is 0 Å². The molecule has 1 aliphatic heterocycles. The van der Waals surface area contributed by atoms with Crippen LogP contribution in [0, 0.1) is 10.1 Å². The third-order valence-electron chi connectivity index (χ3n) is 5.23. The van der Waals surface area contributed by atoms with Gasteiger partial charge in [0, 0.05) is 44.5 Å². The fourth-order valence-electron chi connectivity index (χ4n) is 3.79. The highest BCUT2D eigenvalue weighted by atomic mass is 16.6. The molecule has 1 heterocycles. The first-order valence-electron chi connectivity index (χ1n) is 9.79. The minimum Gasteiger partial charge on any atom is -0.478 e. The Morgan fingerprint density at radius 3 is 2.50 bits per heavy atom. The average Bonchev–Trinajstić information content (AvgIpc) is 2.74. The van der Waals surface area contributed by atoms with Gasteiger partial charge in [0.15, 0.2) is 0 Å². The van der Waals surface area contributed by atoms with Crippen LogP contribution in [0.5, 0.6) is 0 Å². The molecule has 162 valence electrons. The van der Waals surface area contributed by atoms with Gasteiger partial charge in [-0.05, 0) is 31.2 Å². The molecule has 1 aliphatic rings. The molecule has 1 aromatic rings. The number of non-ortho nitro benzene ring substituents is 1. The first-order valence-corrected chi connectivity index (χ1v) is 9.79. The summed E-state index contributed by atoms with van der Waals surface area (Å²) < 4.78 is 5.06. The molecule has 9 nitrogen and oxygen atoms in total. The number of nitro benzene ring substituents is 1. The monoisotopic (exact) mass is 417 g/mol. The molecular formula is C21H27N3O6. The normalized spacial score (nSPS) is 18.7. The van der Waals surface area contributed by atoms with Crippen LogP contribution in [-0.4, -0.2) is 59.8 Å². The molecule has 30 heavy (non-hydrogen) atoms. The number of hydrogen-bond donors (Lipinski definition) is 1. The number of unbranched alkanes of at least 4 members (excludes halogenated alkanes) is 1. The molecule has 0 saturated heterocycles. The lowest BCUT2D eigenvalue weighted by Crippen LogP contribution is -2.46. The van der Waals surface area contributed by atoms with E-state index < -0.39 is 22.9 Å². The Kier molecular flexibility index (Phi) is 8.23. The van der Waals surface area contributed by atoms with Gasteiger partial charge in [-0.3, -0.25) is 19.9 Å². The predicted octanol–water partition coefficient (Wildman–Crippen LogP) is 3.16. The topological polar surface area (TPSA) is 122 Å². The van der Waals surface area contributed by atoms with Gasteiger partial charge in [0.25, 0.3) is 5.69 Å². The van der Waals surface area contributed by atoms with Gasteiger partial charge in [-0.15, -0.1) is 0 Å². The maximum atomic E-state index is 12.3. The van der Waals surface area contributed by atoms with E-state index in [1.165, 1.54) is 17.0 Å². The molecule has 1 amide bonds. The molecule has 2 unspecified atom stereocenters. The molecule has 0 radical (unpaired) electrons. The first kappa shape index (κ1) is 23.2. The van der Waals surface area contributed by atoms with Crippen molar-refractivity contribution < 1.29 is 24.4 Å². The number of carbonyl (C=O) groups is 2. The number of likely N-dealkylation sites (N-methyl/N-ethyl adjacent to an activating group) is 1. The maximum Gasteiger partial charge on any atom is 0.334 e. The molecule has 9 heteroatoms. The van der Waals surface area contributed by atoms with Gasteiger partial charge < -0.3 is 14.7 Å². The lowest BCUT2D eigenvalue weighted by molar-refractivity contribution is -0.384. The Bertz CT molecular complexity index is 847. The fourth-order valence-corrected chi connectivity index (χ4v) is 3.79. The van der Waals surface area contributed by atoms with Gasteiger partial charge >= 0.3 is 5.97 Å². The number of carbonyl (C=O) groups excluding carboxylic acids is 1. The molecule has 0 spiro atoms. The molecule has 2 rings (SSSR count). The third-order valence-corrected chi connectivity index (χ3v) is 5.23. The number of nitro groups is 1. The zero-order chi connectivity index (χ0) is 22.3. The van der Waals surface area contributed by atoms with Crippen LogP contribution in [0.1, 0.15) is 44.1 Å². The summed E-state index contributed by atoms with van der Waals surface area (Å²) in [5, 5.41) is 21.1. The van der Waals surface area contributed by atoms with E-state index in [9.17, 15) is 24.8 Å². The Morgan fingerprint density at radius 1 is 1.33 bits per heavy atom. The number of allylic oxidation sites excluding steroid dienone is 1. The molecule has 0 aromatic heterocycles. The summed E-state index contributed by atoms with van der Waals surface area (Å²) in [7, 11) is 3.20. The molecular weight excluding hydrogens is 390 g/mol. The van der Waals surface area contributed by atoms with Gasteiger partial charge in [-0.2, -0.15) is 0 Å². The van der Waals surface area contributed by atoms with Crippen molar-refractivity contribution in [1.82, 2.24) is 4.90 Å². The van der Waals surface area contributed by atoms with Crippen molar-refractivity contribution in [2.24, 2.45) is 4.99 Å². The number of rotatable bonds is 11. The number of benzene rings is 1. The summed E-state index contributed by atoms with van der Waals surface area (Å²) >= 11 is 0. The highest BCUT2D eigenvalue weighted by Gasteiger charge is 2.40. The van der Waals surface area contributed by atoms with E-state index in [1.807, 2.05) is 6.92 Å². The Hall–Kier alpha value is -3.07. The molecule has 0 bridgehead atoms. The number of hydrogen-bond acceptors (Lipinski definition) is 6. The molecule has 0 fully saturated rings. The summed E-state index contributed by atoms with van der Waals surface area (Å²) in [6, 6.07) is 5.23. The molecule has 0 saturated carbocycles. The van der Waals surface area contributed by atoms with Crippen molar-refractivity contribution in [3.63, 3.8) is 0 Å². The number of amides is 1. The maximum absolute atomic E-state index is 12.3. The van der Waals surface area contributed by atoms with Crippen LogP contribution < -0.4 is 0 Å². The molecule has 2 atom stereocenters. The average molecular weight is 417 g/mol. The van der Waals surface area contributed by atoms with Crippen molar-refractivity contribution in [2.75, 3.05) is 20.8 Å². The summed E-state index contributed by atoms with van der Waals surface area (Å²) in [5.74, 6) is -1.79. The second-order valence-corrected chi connectivity index (χ2v) is 7.11. The van der Waals surface area contributed by atoms with Crippen LogP contribution in [0.3, 0.4) is 0 Å². The van der Waals surface area contributed by atoms with Crippen LogP contribution >= 0.6 is 0 Å². The Balaban J connectivity index is 2.60. The largest absolute Gasteiger partial charge is 0.478 e. The molecule has 1 aromatic carbocycles. The van der Waals surface area contributed by atoms with Crippen LogP contribution in [0.15, 0.2) is 40.5 Å². The quantitative estimate of drug-likeness (QED) is 0.255. The van der Waals surface area contributed by atoms with Gasteiger partial charge in [0.05, 0.1) is 22.2 Å². The van der Waals surface area contributed by atoms with E-state index in [-0.39, 0.29) is 11.3 Å². The number of carboxylic acid groups (broad SMARTS) is 1. The standard InChI is InChI=1S/C21H27N3O6/c1-4-16-20(23(2)13-25)18(14-8-10-15(11-9-14)24(28)29)19(21(26)27)17(22-16)7-5-6-12-30-3/h8-11,13,18,20H,4-7,12H2,1-3H3,(H,26,27). The summed E-state index contributed by atoms with van der Waals surface area (Å²) in [5.41, 5.74) is 1.82. The first-order chi connectivity index (χ1) is 14.3. The molecule has 0 aliphatic carbocycles. The number of carboxylic acids is 1. The Morgan fingerprint density at radius 2 is 2.00 bits per heavy atom. The lowest BCUT2D eigenvalue weighted by atomic mass is 9.78. The minimum absolute atomic E-state index is 0.0834. The summed E-state index contributed by atoms with van der Waals surface area (Å²) in [6.07, 6.45) is 3.14. The highest BCUT2D eigenvalue weighted by molar-refractivity contribution is 6.00. The van der Waals surface area contributed by atoms with Crippen molar-refractivity contribution in [1.29, 1.82) is 0 Å². The summed E-state index contributed by atoms with van der Waals surface area (Å²) in [4.78, 5) is 40.5. The van der Waals surface area contributed by atoms with Crippen molar-refractivity contribution in [3.8, 4) is 0 Å². The second kappa shape index (κ2) is 10.6. The lowest BCUT2D eigenvalue weighted by Gasteiger charge is -2.37. The Labute approximate surface area is 175 Å². The highest BCUT2D eigenvalue weighted by Crippen LogP contribution is 2.39. The van der Waals surface area contributed by atoms with E-state index in [1.54, 1.807) is 26.3 Å². The predicted molar refractivity (Wildman–Crippen MR) is 112 cm³/mol. The van der Waals surface area contributed by atoms with Crippen LogP contribution in [0.25, 0.3) is 0 Å². The number of aliphatic imine (C=N–C) groups is 1. The van der Waals surface area contributed by atoms with Gasteiger partial charge in [-0.1, -0.05) is 19.1 Å². The zero-order valence-electron chi connectivity index (χ0n) is 17.4. The van der Waals surface area contributed by atoms with Crippen LogP contribution in [-0.2, 0) is 14.3 Å². The third kappa shape index (κ3) is 5.10. The SMILES string of the molecule is CCC1=NC(CCCCOC)=C(C(=O)O)C(c2ccc([N+](=O)[O-])cc2)C1N(C)C=O. The van der Waals surface area contributed by atoms with E-state index in [0.717, 1.165) is 6.42 Å². The zero-order valence-corrected chi connectivity index (χ0v) is 17.4. The molecule has 1 N–H and O–H groups in total. The fraction of sp³-hybridized carbons (Fsp3) is 0.476. The van der Waals surface area contributed by atoms with E-state index in [0.29, 0.717) is 49.3 Å². The van der Waals surface area contributed by atoms with E-state index >= 15 is 0 Å². The van der Waals surface area contributed by atoms with Crippen molar-refractivity contribution in [2.45, 2.75) is 44.6 Å². The van der Waals surface area contributed by atoms with Gasteiger partial charge in [0.1, 0.15) is 0 Å². The number of nitrogens with zero attached hydrogens (tertiary/aromatic N) is 3. The number of methoxy groups -OCH3 is 1. The number of aliphatic carboxylic acids is 1. The van der Waals surface area contributed by atoms with E-state index in [4.69, 9.17) is 4.74 Å². The second-order valence-electron chi connectivity index (χ2n) is 7.11. The number of ether oxygens (including phenoxy) is 1. The summed E-state index contributed by atoms with van der Waals surface area (Å²) in [6.45, 7) is 2.48. The van der Waals surface area contributed by atoms with Gasteiger partial charge in [-0.25, -0.2) is 4.79 Å². The van der Waals surface area contributed by atoms with Crippen LogP contribution in [0.4, 0.5) is 5.69 Å². The van der Waals surface area contributed by atoms with E-state index in [2.05, 4.69) is 4.99 Å². The van der Waals surface area contributed by atoms with Crippen molar-refractivity contribution >= 4 is 23.8 Å². The van der Waals surface area contributed by atoms with Crippen molar-refractivity contribution in [3.05, 3.63) is 51.2 Å².